The van der Waals surface area contributed by atoms with Crippen LogP contribution in [0.25, 0.3) is 0 Å². The van der Waals surface area contributed by atoms with Gasteiger partial charge in [0.2, 0.25) is 15.9 Å². The van der Waals surface area contributed by atoms with Crippen LogP contribution in [0.2, 0.25) is 0 Å². The van der Waals surface area contributed by atoms with E-state index in [-0.39, 0.29) is 29.8 Å². The monoisotopic (exact) mass is 464 g/mol. The van der Waals surface area contributed by atoms with Crippen LogP contribution in [-0.4, -0.2) is 48.3 Å². The number of methoxy groups -OCH3 is 2. The Morgan fingerprint density at radius 1 is 1.00 bits per heavy atom. The molecule has 0 aromatic heterocycles. The third kappa shape index (κ3) is 7.22. The Morgan fingerprint density at radius 2 is 1.75 bits per heavy atom. The molecule has 0 bridgehead atoms. The Balaban J connectivity index is 1.90. The summed E-state index contributed by atoms with van der Waals surface area (Å²) in [6.07, 6.45) is 0.0176. The quantitative estimate of drug-likeness (QED) is 0.468. The van der Waals surface area contributed by atoms with Gasteiger partial charge in [0, 0.05) is 20.1 Å². The Bertz CT molecular complexity index is 1020. The second kappa shape index (κ2) is 11.8. The van der Waals surface area contributed by atoms with Crippen molar-refractivity contribution in [3.63, 3.8) is 0 Å². The molecule has 2 N–H and O–H groups in total. The van der Waals surface area contributed by atoms with Crippen LogP contribution in [0.1, 0.15) is 36.1 Å². The van der Waals surface area contributed by atoms with Gasteiger partial charge in [-0.3, -0.25) is 4.79 Å². The number of nitrogens with one attached hydrogen (secondary N) is 2. The van der Waals surface area contributed by atoms with Crippen LogP contribution < -0.4 is 19.5 Å². The maximum Gasteiger partial charge on any atom is 0.240 e. The SMILES string of the molecule is COCCOc1ccc(C(C)NC(=O)CCNS(=O)(=O)c2ccc(C)c(C)c2)cc1OC. The van der Waals surface area contributed by atoms with Crippen molar-refractivity contribution in [2.75, 3.05) is 34.0 Å². The van der Waals surface area contributed by atoms with Crippen LogP contribution in [-0.2, 0) is 19.6 Å². The molecule has 0 fully saturated rings. The summed E-state index contributed by atoms with van der Waals surface area (Å²) in [4.78, 5) is 12.5. The van der Waals surface area contributed by atoms with Gasteiger partial charge in [-0.1, -0.05) is 12.1 Å². The topological polar surface area (TPSA) is 103 Å². The Hall–Kier alpha value is -2.62. The molecule has 0 saturated heterocycles. The maximum absolute atomic E-state index is 12.4. The van der Waals surface area contributed by atoms with Crippen molar-refractivity contribution in [3.8, 4) is 11.5 Å². The van der Waals surface area contributed by atoms with Crippen molar-refractivity contribution in [2.24, 2.45) is 0 Å². The average molecular weight is 465 g/mol. The van der Waals surface area contributed by atoms with E-state index >= 15 is 0 Å². The molecule has 2 rings (SSSR count). The first kappa shape index (κ1) is 25.6. The molecule has 2 aromatic rings. The molecular weight excluding hydrogens is 432 g/mol. The number of sulfonamides is 1. The lowest BCUT2D eigenvalue weighted by Gasteiger charge is -2.17. The second-order valence-corrected chi connectivity index (χ2v) is 9.20. The summed E-state index contributed by atoms with van der Waals surface area (Å²) in [5.74, 6) is 0.883. The fourth-order valence-electron chi connectivity index (χ4n) is 2.97. The molecule has 0 heterocycles. The van der Waals surface area contributed by atoms with Gasteiger partial charge in [0.05, 0.1) is 24.7 Å². The number of hydrogen-bond acceptors (Lipinski definition) is 6. The number of carbonyl (C=O) groups excluding carboxylic acids is 1. The first-order valence-electron chi connectivity index (χ1n) is 10.3. The Labute approximate surface area is 190 Å². The van der Waals surface area contributed by atoms with E-state index < -0.39 is 10.0 Å². The molecule has 8 nitrogen and oxygen atoms in total. The van der Waals surface area contributed by atoms with Crippen molar-refractivity contribution in [1.29, 1.82) is 0 Å². The third-order valence-corrected chi connectivity index (χ3v) is 6.50. The Morgan fingerprint density at radius 3 is 2.41 bits per heavy atom. The standard InChI is InChI=1S/C23H32N2O6S/c1-16-6-8-20(14-17(16)2)32(27,28)24-11-10-23(26)25-18(3)19-7-9-21(22(15-19)30-5)31-13-12-29-4/h6-9,14-15,18,24H,10-13H2,1-5H3,(H,25,26). The zero-order valence-corrected chi connectivity index (χ0v) is 20.0. The summed E-state index contributed by atoms with van der Waals surface area (Å²) < 4.78 is 43.3. The van der Waals surface area contributed by atoms with Gasteiger partial charge in [-0.15, -0.1) is 0 Å². The molecule has 0 aliphatic carbocycles. The summed E-state index contributed by atoms with van der Waals surface area (Å²) in [7, 11) is -0.520. The number of amides is 1. The van der Waals surface area contributed by atoms with Crippen LogP contribution in [0.4, 0.5) is 0 Å². The highest BCUT2D eigenvalue weighted by atomic mass is 32.2. The highest BCUT2D eigenvalue weighted by Gasteiger charge is 2.16. The highest BCUT2D eigenvalue weighted by molar-refractivity contribution is 7.89. The molecular formula is C23H32N2O6S. The molecule has 0 radical (unpaired) electrons. The number of ether oxygens (including phenoxy) is 3. The highest BCUT2D eigenvalue weighted by Crippen LogP contribution is 2.30. The van der Waals surface area contributed by atoms with Crippen LogP contribution in [0.5, 0.6) is 11.5 Å². The largest absolute Gasteiger partial charge is 0.493 e. The summed E-state index contributed by atoms with van der Waals surface area (Å²) in [5, 5.41) is 2.87. The number of rotatable bonds is 12. The normalized spacial score (nSPS) is 12.3. The third-order valence-electron chi connectivity index (χ3n) is 5.04. The van der Waals surface area contributed by atoms with Gasteiger partial charge >= 0.3 is 0 Å². The zero-order valence-electron chi connectivity index (χ0n) is 19.2. The number of carbonyl (C=O) groups is 1. The Kier molecular flexibility index (Phi) is 9.49. The number of aryl methyl sites for hydroxylation is 2. The van der Waals surface area contributed by atoms with Gasteiger partial charge in [-0.2, -0.15) is 0 Å². The molecule has 9 heteroatoms. The van der Waals surface area contributed by atoms with E-state index in [1.165, 1.54) is 0 Å². The predicted molar refractivity (Wildman–Crippen MR) is 123 cm³/mol. The van der Waals surface area contributed by atoms with Gasteiger partial charge in [0.15, 0.2) is 11.5 Å². The van der Waals surface area contributed by atoms with Crippen molar-refractivity contribution >= 4 is 15.9 Å². The second-order valence-electron chi connectivity index (χ2n) is 7.43. The first-order chi connectivity index (χ1) is 15.2. The molecule has 1 unspecified atom stereocenters. The van der Waals surface area contributed by atoms with Gasteiger partial charge in [0.25, 0.3) is 0 Å². The fourth-order valence-corrected chi connectivity index (χ4v) is 4.08. The van der Waals surface area contributed by atoms with Crippen LogP contribution in [0.15, 0.2) is 41.3 Å². The van der Waals surface area contributed by atoms with E-state index in [4.69, 9.17) is 14.2 Å². The summed E-state index contributed by atoms with van der Waals surface area (Å²) in [6.45, 7) is 6.49. The number of benzene rings is 2. The smallest absolute Gasteiger partial charge is 0.240 e. The van der Waals surface area contributed by atoms with Gasteiger partial charge in [-0.05, 0) is 61.7 Å². The van der Waals surface area contributed by atoms with Gasteiger partial charge in [0.1, 0.15) is 6.61 Å². The molecule has 2 aromatic carbocycles. The first-order valence-corrected chi connectivity index (χ1v) is 11.8. The van der Waals surface area contributed by atoms with E-state index in [1.54, 1.807) is 44.6 Å². The molecule has 0 saturated carbocycles. The number of hydrogen-bond donors (Lipinski definition) is 2. The molecule has 32 heavy (non-hydrogen) atoms. The minimum atomic E-state index is -3.67. The van der Waals surface area contributed by atoms with Crippen LogP contribution >= 0.6 is 0 Å². The molecule has 0 aliphatic heterocycles. The van der Waals surface area contributed by atoms with Crippen molar-refractivity contribution in [1.82, 2.24) is 10.0 Å². The van der Waals surface area contributed by atoms with Gasteiger partial charge < -0.3 is 19.5 Å². The summed E-state index contributed by atoms with van der Waals surface area (Å²) in [5.41, 5.74) is 2.75. The lowest BCUT2D eigenvalue weighted by atomic mass is 10.1. The molecule has 1 atom stereocenters. The lowest BCUT2D eigenvalue weighted by Crippen LogP contribution is -2.32. The minimum Gasteiger partial charge on any atom is -0.493 e. The lowest BCUT2D eigenvalue weighted by molar-refractivity contribution is -0.121. The average Bonchev–Trinajstić information content (AvgIpc) is 2.75. The van der Waals surface area contributed by atoms with Crippen molar-refractivity contribution in [2.45, 2.75) is 38.1 Å². The van der Waals surface area contributed by atoms with Crippen molar-refractivity contribution in [3.05, 3.63) is 53.1 Å². The fraction of sp³-hybridized carbons (Fsp3) is 0.435. The van der Waals surface area contributed by atoms with E-state index in [2.05, 4.69) is 10.0 Å². The molecule has 0 aliphatic rings. The van der Waals surface area contributed by atoms with Crippen LogP contribution in [0, 0.1) is 13.8 Å². The van der Waals surface area contributed by atoms with E-state index in [0.29, 0.717) is 24.7 Å². The summed E-state index contributed by atoms with van der Waals surface area (Å²) >= 11 is 0. The van der Waals surface area contributed by atoms with E-state index in [1.807, 2.05) is 26.8 Å². The molecule has 0 spiro atoms. The van der Waals surface area contributed by atoms with Crippen molar-refractivity contribution < 1.29 is 27.4 Å². The summed E-state index contributed by atoms with van der Waals surface area (Å²) in [6, 6.07) is 10.1. The molecule has 176 valence electrons. The predicted octanol–water partition coefficient (Wildman–Crippen LogP) is 2.88. The maximum atomic E-state index is 12.4. The van der Waals surface area contributed by atoms with E-state index in [0.717, 1.165) is 16.7 Å². The molecule has 1 amide bonds. The van der Waals surface area contributed by atoms with Crippen LogP contribution in [0.3, 0.4) is 0 Å². The van der Waals surface area contributed by atoms with Gasteiger partial charge in [-0.25, -0.2) is 13.1 Å². The van der Waals surface area contributed by atoms with E-state index in [9.17, 15) is 13.2 Å². The zero-order chi connectivity index (χ0) is 23.7. The minimum absolute atomic E-state index is 0.00338.